The number of hydrogen-bond donors (Lipinski definition) is 1. The number of rotatable bonds is 3. The van der Waals surface area contributed by atoms with Gasteiger partial charge in [-0.15, -0.1) is 0 Å². The van der Waals surface area contributed by atoms with Crippen molar-refractivity contribution in [3.8, 4) is 0 Å². The van der Waals surface area contributed by atoms with Crippen molar-refractivity contribution in [3.05, 3.63) is 40.9 Å². The number of para-hydroxylation sites is 1. The van der Waals surface area contributed by atoms with Gasteiger partial charge < -0.3 is 9.73 Å². The van der Waals surface area contributed by atoms with E-state index in [1.165, 1.54) is 12.6 Å². The second kappa shape index (κ2) is 6.35. The summed E-state index contributed by atoms with van der Waals surface area (Å²) in [5, 5.41) is 8.57. The van der Waals surface area contributed by atoms with Gasteiger partial charge in [-0.1, -0.05) is 31.9 Å². The van der Waals surface area contributed by atoms with Gasteiger partial charge >= 0.3 is 5.63 Å². The summed E-state index contributed by atoms with van der Waals surface area (Å²) in [6.45, 7) is 2.28. The lowest BCUT2D eigenvalue weighted by Crippen LogP contribution is -2.42. The molecule has 1 fully saturated rings. The minimum absolute atomic E-state index is 0.0685. The number of benzene rings is 1. The zero-order chi connectivity index (χ0) is 17.4. The zero-order valence-electron chi connectivity index (χ0n) is 14.2. The topological polar surface area (TPSA) is 77.1 Å². The first-order chi connectivity index (χ1) is 12.1. The molecule has 0 bridgehead atoms. The summed E-state index contributed by atoms with van der Waals surface area (Å²) in [7, 11) is 0. The second-order valence-corrected chi connectivity index (χ2v) is 6.89. The Morgan fingerprint density at radius 3 is 2.92 bits per heavy atom. The van der Waals surface area contributed by atoms with E-state index >= 15 is 0 Å². The first-order valence-corrected chi connectivity index (χ1v) is 8.80. The first kappa shape index (κ1) is 15.9. The molecule has 6 nitrogen and oxygen atoms in total. The highest BCUT2D eigenvalue weighted by molar-refractivity contribution is 6.02. The molecule has 0 unspecified atom stereocenters. The highest BCUT2D eigenvalue weighted by atomic mass is 16.4. The van der Waals surface area contributed by atoms with Gasteiger partial charge in [0.2, 0.25) is 5.91 Å². The quantitative estimate of drug-likeness (QED) is 0.744. The summed E-state index contributed by atoms with van der Waals surface area (Å²) >= 11 is 0. The maximum atomic E-state index is 12.5. The van der Waals surface area contributed by atoms with E-state index in [0.717, 1.165) is 24.6 Å². The van der Waals surface area contributed by atoms with Crippen LogP contribution >= 0.6 is 0 Å². The molecule has 0 saturated heterocycles. The predicted octanol–water partition coefficient (Wildman–Crippen LogP) is 2.84. The van der Waals surface area contributed by atoms with E-state index in [-0.39, 0.29) is 18.5 Å². The van der Waals surface area contributed by atoms with Gasteiger partial charge in [-0.3, -0.25) is 9.48 Å². The van der Waals surface area contributed by atoms with E-state index in [1.807, 2.05) is 18.2 Å². The summed E-state index contributed by atoms with van der Waals surface area (Å²) in [5.41, 5.74) is 0.725. The van der Waals surface area contributed by atoms with Crippen molar-refractivity contribution in [2.24, 2.45) is 5.92 Å². The Morgan fingerprint density at radius 2 is 2.08 bits per heavy atom. The molecule has 2 heterocycles. The molecule has 130 valence electrons. The highest BCUT2D eigenvalue weighted by Crippen LogP contribution is 2.24. The third-order valence-electron chi connectivity index (χ3n) is 5.16. The monoisotopic (exact) mass is 339 g/mol. The molecule has 1 saturated carbocycles. The molecular weight excluding hydrogens is 318 g/mol. The number of nitrogens with one attached hydrogen (secondary N) is 1. The van der Waals surface area contributed by atoms with Crippen LogP contribution in [0.5, 0.6) is 0 Å². The molecule has 6 heteroatoms. The van der Waals surface area contributed by atoms with E-state index < -0.39 is 5.63 Å². The van der Waals surface area contributed by atoms with Crippen molar-refractivity contribution in [2.75, 3.05) is 0 Å². The van der Waals surface area contributed by atoms with Crippen molar-refractivity contribution in [1.29, 1.82) is 0 Å². The SMILES string of the molecule is C[C@H]1CCCC[C@H]1NC(=O)Cn1ncc2c(=O)oc3ccccc3c21. The average Bonchev–Trinajstić information content (AvgIpc) is 3.02. The van der Waals surface area contributed by atoms with Gasteiger partial charge in [-0.25, -0.2) is 4.79 Å². The highest BCUT2D eigenvalue weighted by Gasteiger charge is 2.23. The summed E-state index contributed by atoms with van der Waals surface area (Å²) in [6, 6.07) is 7.54. The molecule has 4 rings (SSSR count). The fourth-order valence-electron chi connectivity index (χ4n) is 3.76. The number of nitrogens with zero attached hydrogens (tertiary/aromatic N) is 2. The van der Waals surface area contributed by atoms with Crippen LogP contribution in [0.1, 0.15) is 32.6 Å². The molecule has 2 atom stereocenters. The van der Waals surface area contributed by atoms with Crippen LogP contribution in [0.4, 0.5) is 0 Å². The van der Waals surface area contributed by atoms with Crippen LogP contribution < -0.4 is 10.9 Å². The fourth-order valence-corrected chi connectivity index (χ4v) is 3.76. The van der Waals surface area contributed by atoms with Gasteiger partial charge in [-0.05, 0) is 30.9 Å². The lowest BCUT2D eigenvalue weighted by Gasteiger charge is -2.29. The molecule has 1 aliphatic carbocycles. The van der Waals surface area contributed by atoms with E-state index in [1.54, 1.807) is 10.7 Å². The lowest BCUT2D eigenvalue weighted by atomic mass is 9.86. The van der Waals surface area contributed by atoms with E-state index in [0.29, 0.717) is 22.4 Å². The second-order valence-electron chi connectivity index (χ2n) is 6.89. The van der Waals surface area contributed by atoms with Crippen molar-refractivity contribution >= 4 is 27.8 Å². The number of hydrogen-bond acceptors (Lipinski definition) is 4. The molecule has 25 heavy (non-hydrogen) atoms. The Balaban J connectivity index is 1.65. The van der Waals surface area contributed by atoms with Crippen LogP contribution in [0, 0.1) is 5.92 Å². The number of carbonyl (C=O) groups is 1. The molecule has 2 aromatic heterocycles. The first-order valence-electron chi connectivity index (χ1n) is 8.80. The van der Waals surface area contributed by atoms with Crippen LogP contribution in [0.25, 0.3) is 21.9 Å². The van der Waals surface area contributed by atoms with E-state index in [2.05, 4.69) is 17.3 Å². The van der Waals surface area contributed by atoms with Crippen LogP contribution in [-0.4, -0.2) is 21.7 Å². The average molecular weight is 339 g/mol. The molecule has 3 aromatic rings. The largest absolute Gasteiger partial charge is 0.422 e. The van der Waals surface area contributed by atoms with Crippen LogP contribution in [0.15, 0.2) is 39.7 Å². The van der Waals surface area contributed by atoms with E-state index in [9.17, 15) is 9.59 Å². The van der Waals surface area contributed by atoms with Gasteiger partial charge in [0, 0.05) is 11.4 Å². The van der Waals surface area contributed by atoms with Crippen molar-refractivity contribution < 1.29 is 9.21 Å². The van der Waals surface area contributed by atoms with Gasteiger partial charge in [0.1, 0.15) is 17.5 Å². The Labute approximate surface area is 144 Å². The number of aromatic nitrogens is 2. The van der Waals surface area contributed by atoms with Gasteiger partial charge in [-0.2, -0.15) is 5.10 Å². The Kier molecular flexibility index (Phi) is 4.03. The van der Waals surface area contributed by atoms with Gasteiger partial charge in [0.25, 0.3) is 0 Å². The van der Waals surface area contributed by atoms with Gasteiger partial charge in [0.05, 0.1) is 11.7 Å². The number of fused-ring (bicyclic) bond motifs is 3. The summed E-state index contributed by atoms with van der Waals surface area (Å²) in [4.78, 5) is 24.6. The van der Waals surface area contributed by atoms with Crippen molar-refractivity contribution in [3.63, 3.8) is 0 Å². The summed E-state index contributed by atoms with van der Waals surface area (Å²) < 4.78 is 6.91. The standard InChI is InChI=1S/C19H21N3O3/c1-12-6-2-4-8-15(12)21-17(23)11-22-18-13-7-3-5-9-16(13)25-19(24)14(18)10-20-22/h3,5,7,9-10,12,15H,2,4,6,8,11H2,1H3,(H,21,23)/t12-,15+/m0/s1. The maximum absolute atomic E-state index is 12.5. The molecule has 1 N–H and O–H groups in total. The smallest absolute Gasteiger partial charge is 0.347 e. The zero-order valence-corrected chi connectivity index (χ0v) is 14.2. The Hall–Kier alpha value is -2.63. The predicted molar refractivity (Wildman–Crippen MR) is 95.3 cm³/mol. The maximum Gasteiger partial charge on any atom is 0.347 e. The number of amides is 1. The molecule has 0 spiro atoms. The summed E-state index contributed by atoms with van der Waals surface area (Å²) in [6.07, 6.45) is 6.05. The normalized spacial score (nSPS) is 20.8. The van der Waals surface area contributed by atoms with Crippen molar-refractivity contribution in [2.45, 2.75) is 45.2 Å². The third-order valence-corrected chi connectivity index (χ3v) is 5.16. The van der Waals surface area contributed by atoms with Crippen LogP contribution in [-0.2, 0) is 11.3 Å². The van der Waals surface area contributed by atoms with Crippen molar-refractivity contribution in [1.82, 2.24) is 15.1 Å². The van der Waals surface area contributed by atoms with Gasteiger partial charge in [0.15, 0.2) is 0 Å². The minimum atomic E-state index is -0.429. The Bertz CT molecular complexity index is 988. The lowest BCUT2D eigenvalue weighted by molar-refractivity contribution is -0.123. The molecule has 0 radical (unpaired) electrons. The molecule has 0 aliphatic heterocycles. The fraction of sp³-hybridized carbons (Fsp3) is 0.421. The van der Waals surface area contributed by atoms with E-state index in [4.69, 9.17) is 4.42 Å². The number of carbonyl (C=O) groups excluding carboxylic acids is 1. The molecule has 1 aliphatic rings. The molecular formula is C19H21N3O3. The summed E-state index contributed by atoms with van der Waals surface area (Å²) in [5.74, 6) is 0.431. The van der Waals surface area contributed by atoms with Crippen LogP contribution in [0.2, 0.25) is 0 Å². The third kappa shape index (κ3) is 2.92. The minimum Gasteiger partial charge on any atom is -0.422 e. The Morgan fingerprint density at radius 1 is 1.28 bits per heavy atom. The molecule has 1 aromatic carbocycles. The van der Waals surface area contributed by atoms with Crippen LogP contribution in [0.3, 0.4) is 0 Å². The molecule has 1 amide bonds.